The Morgan fingerprint density at radius 2 is 2.07 bits per heavy atom. The number of anilines is 1. The number of rotatable bonds is 0. The van der Waals surface area contributed by atoms with Gasteiger partial charge in [0.25, 0.3) is 0 Å². The van der Waals surface area contributed by atoms with E-state index < -0.39 is 17.3 Å². The number of para-hydroxylation sites is 1. The van der Waals surface area contributed by atoms with Gasteiger partial charge in [-0.25, -0.2) is 4.79 Å². The summed E-state index contributed by atoms with van der Waals surface area (Å²) in [5.74, 6) is -0.107. The molecule has 3 unspecified atom stereocenters. The Labute approximate surface area is 167 Å². The van der Waals surface area contributed by atoms with Gasteiger partial charge in [0.1, 0.15) is 6.10 Å². The summed E-state index contributed by atoms with van der Waals surface area (Å²) in [6.07, 6.45) is 2.12. The van der Waals surface area contributed by atoms with E-state index in [1.54, 1.807) is 0 Å². The Balaban J connectivity index is 1.56. The van der Waals surface area contributed by atoms with Crippen LogP contribution in [0.3, 0.4) is 0 Å². The molecule has 0 N–H and O–H groups in total. The molecule has 7 heteroatoms. The van der Waals surface area contributed by atoms with Crippen LogP contribution in [0, 0.1) is 11.8 Å². The van der Waals surface area contributed by atoms with Crippen molar-refractivity contribution in [1.29, 1.82) is 0 Å². The molecular weight excluding hydrogens is 372 g/mol. The number of carbonyl (C=O) groups excluding carboxylic acids is 2. The predicted octanol–water partition coefficient (Wildman–Crippen LogP) is 1.57. The van der Waals surface area contributed by atoms with E-state index in [0.29, 0.717) is 13.0 Å². The third-order valence-corrected chi connectivity index (χ3v) is 8.76. The van der Waals surface area contributed by atoms with Gasteiger partial charge in [0.2, 0.25) is 11.6 Å². The summed E-state index contributed by atoms with van der Waals surface area (Å²) >= 11 is 0. The Morgan fingerprint density at radius 1 is 1.17 bits per heavy atom. The van der Waals surface area contributed by atoms with Crippen molar-refractivity contribution in [3.05, 3.63) is 41.5 Å². The first-order chi connectivity index (χ1) is 14.2. The van der Waals surface area contributed by atoms with Gasteiger partial charge < -0.3 is 14.2 Å². The van der Waals surface area contributed by atoms with Gasteiger partial charge in [-0.2, -0.15) is 0 Å². The van der Waals surface area contributed by atoms with Crippen LogP contribution >= 0.6 is 0 Å². The molecule has 0 radical (unpaired) electrons. The Hall–Kier alpha value is -2.38. The molecule has 7 heterocycles. The highest BCUT2D eigenvalue weighted by molar-refractivity contribution is 6.01. The molecule has 1 aliphatic carbocycles. The maximum Gasteiger partial charge on any atom is 0.510 e. The van der Waals surface area contributed by atoms with Crippen molar-refractivity contribution < 1.29 is 23.8 Å². The van der Waals surface area contributed by atoms with Crippen LogP contribution in [0.15, 0.2) is 35.9 Å². The van der Waals surface area contributed by atoms with Crippen LogP contribution in [0.5, 0.6) is 0 Å². The van der Waals surface area contributed by atoms with Gasteiger partial charge in [-0.3, -0.25) is 14.6 Å². The van der Waals surface area contributed by atoms with Gasteiger partial charge in [0.15, 0.2) is 0 Å². The van der Waals surface area contributed by atoms with E-state index in [2.05, 4.69) is 17.0 Å². The van der Waals surface area contributed by atoms with Crippen molar-refractivity contribution in [2.45, 2.75) is 42.2 Å². The molecule has 8 aliphatic rings. The molecule has 2 spiro atoms. The van der Waals surface area contributed by atoms with Crippen LogP contribution in [0.2, 0.25) is 0 Å². The van der Waals surface area contributed by atoms with Gasteiger partial charge in [0, 0.05) is 19.0 Å². The summed E-state index contributed by atoms with van der Waals surface area (Å²) < 4.78 is 18.6. The fourth-order valence-corrected chi connectivity index (χ4v) is 8.20. The number of benzene rings is 1. The fourth-order valence-electron chi connectivity index (χ4n) is 8.20. The number of nitrogens with zero attached hydrogens (tertiary/aromatic N) is 2. The van der Waals surface area contributed by atoms with Crippen molar-refractivity contribution in [3.8, 4) is 0 Å². The van der Waals surface area contributed by atoms with Gasteiger partial charge in [-0.15, -0.1) is 0 Å². The fraction of sp³-hybridized carbons (Fsp3) is 0.545. The first-order valence-corrected chi connectivity index (χ1v) is 10.5. The van der Waals surface area contributed by atoms with Crippen LogP contribution < -0.4 is 4.90 Å². The lowest BCUT2D eigenvalue weighted by atomic mass is 9.50. The first kappa shape index (κ1) is 15.5. The number of carbonyl (C=O) groups is 2. The molecule has 7 atom stereocenters. The highest BCUT2D eigenvalue weighted by Gasteiger charge is 2.85. The van der Waals surface area contributed by atoms with Crippen molar-refractivity contribution in [2.75, 3.05) is 24.6 Å². The van der Waals surface area contributed by atoms with Crippen LogP contribution in [0.25, 0.3) is 0 Å². The number of piperidine rings is 2. The van der Waals surface area contributed by atoms with E-state index in [-0.39, 0.29) is 36.0 Å². The lowest BCUT2D eigenvalue weighted by molar-refractivity contribution is -0.191. The van der Waals surface area contributed by atoms with Gasteiger partial charge in [-0.05, 0) is 18.1 Å². The summed E-state index contributed by atoms with van der Waals surface area (Å²) in [4.78, 5) is 30.8. The number of hydrogen-bond acceptors (Lipinski definition) is 6. The smallest absolute Gasteiger partial charge is 0.429 e. The van der Waals surface area contributed by atoms with Crippen LogP contribution in [0.4, 0.5) is 10.5 Å². The molecule has 1 saturated carbocycles. The minimum absolute atomic E-state index is 0.0168. The predicted molar refractivity (Wildman–Crippen MR) is 99.1 cm³/mol. The number of amides is 1. The van der Waals surface area contributed by atoms with E-state index in [1.165, 1.54) is 5.57 Å². The largest absolute Gasteiger partial charge is 0.510 e. The van der Waals surface area contributed by atoms with Crippen LogP contribution in [0.1, 0.15) is 18.4 Å². The highest BCUT2D eigenvalue weighted by atomic mass is 16.8. The molecule has 9 rings (SSSR count). The van der Waals surface area contributed by atoms with E-state index in [0.717, 1.165) is 30.8 Å². The summed E-state index contributed by atoms with van der Waals surface area (Å²) in [5.41, 5.74) is 1.75. The van der Waals surface area contributed by atoms with E-state index in [4.69, 9.17) is 14.2 Å². The first-order valence-electron chi connectivity index (χ1n) is 10.5. The Morgan fingerprint density at radius 3 is 3.00 bits per heavy atom. The molecule has 148 valence electrons. The summed E-state index contributed by atoms with van der Waals surface area (Å²) in [6.45, 7) is 2.28. The molecule has 1 aromatic carbocycles. The van der Waals surface area contributed by atoms with Gasteiger partial charge in [0.05, 0.1) is 42.2 Å². The minimum Gasteiger partial charge on any atom is -0.429 e. The molecule has 29 heavy (non-hydrogen) atoms. The zero-order chi connectivity index (χ0) is 19.1. The van der Waals surface area contributed by atoms with Crippen molar-refractivity contribution in [3.63, 3.8) is 0 Å². The summed E-state index contributed by atoms with van der Waals surface area (Å²) in [6, 6.07) is 8.15. The second-order valence-corrected chi connectivity index (χ2v) is 9.42. The molecule has 6 fully saturated rings. The third-order valence-electron chi connectivity index (χ3n) is 8.76. The molecular formula is C22H20N2O5. The average Bonchev–Trinajstić information content (AvgIpc) is 3.03. The van der Waals surface area contributed by atoms with Gasteiger partial charge in [-0.1, -0.05) is 29.8 Å². The van der Waals surface area contributed by atoms with Crippen molar-refractivity contribution in [2.24, 2.45) is 11.8 Å². The zero-order valence-electron chi connectivity index (χ0n) is 15.7. The summed E-state index contributed by atoms with van der Waals surface area (Å²) in [7, 11) is 0. The number of ether oxygens (including phenoxy) is 3. The molecule has 0 aromatic heterocycles. The lowest BCUT2D eigenvalue weighted by Crippen LogP contribution is -2.80. The molecule has 7 nitrogen and oxygen atoms in total. The molecule has 1 aromatic rings. The minimum atomic E-state index is -1.07. The number of fused-ring (bicyclic) bond motifs is 4. The monoisotopic (exact) mass is 392 g/mol. The van der Waals surface area contributed by atoms with E-state index >= 15 is 0 Å². The lowest BCUT2D eigenvalue weighted by Gasteiger charge is -2.63. The van der Waals surface area contributed by atoms with Crippen LogP contribution in [-0.4, -0.2) is 60.6 Å². The molecule has 7 aliphatic heterocycles. The van der Waals surface area contributed by atoms with Crippen molar-refractivity contribution >= 4 is 17.7 Å². The standard InChI is InChI=1S/C22H20N2O5/c25-15-9-14-17-16-11(5-8-27-14)10-23-7-6-21-12-3-1-2-4-13(12)24(15)22(17,21)29-20(26)28-18(16)19(21)23/h1-5,14,16-19H,6-10H2/t14?,16-,17-,18?,19+,21+,22?/m0/s1. The van der Waals surface area contributed by atoms with Gasteiger partial charge >= 0.3 is 6.16 Å². The number of hydrogen-bond donors (Lipinski definition) is 0. The quantitative estimate of drug-likeness (QED) is 0.493. The Kier molecular flexibility index (Phi) is 2.41. The average molecular weight is 392 g/mol. The highest BCUT2D eigenvalue weighted by Crippen LogP contribution is 2.72. The zero-order valence-corrected chi connectivity index (χ0v) is 15.7. The normalized spacial score (nSPS) is 47.8. The molecule has 5 saturated heterocycles. The molecule has 4 bridgehead atoms. The van der Waals surface area contributed by atoms with Crippen molar-refractivity contribution in [1.82, 2.24) is 4.90 Å². The van der Waals surface area contributed by atoms with E-state index in [9.17, 15) is 9.59 Å². The SMILES string of the molecule is O=C1OC2[C@H]3C4=CCOC5CC(=O)N6c7ccccc7[C@@]7(CCN(C4)[C@H]27)C6(O1)[C@@H]53. The second-order valence-electron chi connectivity index (χ2n) is 9.42. The maximum absolute atomic E-state index is 13.5. The Bertz CT molecular complexity index is 1050. The third kappa shape index (κ3) is 1.36. The second kappa shape index (κ2) is 4.52. The van der Waals surface area contributed by atoms with Crippen LogP contribution in [-0.2, 0) is 24.4 Å². The maximum atomic E-state index is 13.5. The van der Waals surface area contributed by atoms with E-state index in [1.807, 2.05) is 23.1 Å². The topological polar surface area (TPSA) is 68.3 Å². The molecule has 1 amide bonds. The summed E-state index contributed by atoms with van der Waals surface area (Å²) in [5, 5.41) is 0.